The second-order valence-corrected chi connectivity index (χ2v) is 6.52. The van der Waals surface area contributed by atoms with Crippen molar-refractivity contribution in [2.45, 2.75) is 32.6 Å². The molecule has 2 nitrogen and oxygen atoms in total. The van der Waals surface area contributed by atoms with Gasteiger partial charge in [-0.25, -0.2) is 0 Å². The highest BCUT2D eigenvalue weighted by Crippen LogP contribution is 2.86. The Morgan fingerprint density at radius 3 is 2.86 bits per heavy atom. The van der Waals surface area contributed by atoms with Crippen LogP contribution in [0.25, 0.3) is 0 Å². The first-order chi connectivity index (χ1) is 10.7. The van der Waals surface area contributed by atoms with Gasteiger partial charge < -0.3 is 4.74 Å². The smallest absolute Gasteiger partial charge is 0.309 e. The molecule has 3 aliphatic rings. The van der Waals surface area contributed by atoms with Gasteiger partial charge in [-0.15, -0.1) is 0 Å². The molecule has 0 heterocycles. The van der Waals surface area contributed by atoms with Crippen molar-refractivity contribution < 1.29 is 9.53 Å². The number of carbonyl (C=O) groups is 1. The number of carbonyl (C=O) groups excluding carboxylic acids is 1. The molecule has 0 aromatic carbocycles. The van der Waals surface area contributed by atoms with E-state index in [2.05, 4.69) is 43.0 Å². The molecule has 0 bridgehead atoms. The van der Waals surface area contributed by atoms with Gasteiger partial charge in [0, 0.05) is 5.41 Å². The van der Waals surface area contributed by atoms with Crippen LogP contribution in [0.15, 0.2) is 60.3 Å². The van der Waals surface area contributed by atoms with Crippen molar-refractivity contribution in [3.8, 4) is 0 Å². The number of methoxy groups -OCH3 is 1. The summed E-state index contributed by atoms with van der Waals surface area (Å²) >= 11 is 0. The van der Waals surface area contributed by atoms with Gasteiger partial charge in [0.15, 0.2) is 0 Å². The van der Waals surface area contributed by atoms with E-state index in [1.165, 1.54) is 18.3 Å². The molecule has 3 atom stereocenters. The maximum absolute atomic E-state index is 12.0. The van der Waals surface area contributed by atoms with Gasteiger partial charge in [0.1, 0.15) is 0 Å². The zero-order valence-corrected chi connectivity index (χ0v) is 13.5. The van der Waals surface area contributed by atoms with Gasteiger partial charge in [0.25, 0.3) is 0 Å². The number of hydrogen-bond acceptors (Lipinski definition) is 2. The molecule has 3 rings (SSSR count). The van der Waals surface area contributed by atoms with E-state index in [4.69, 9.17) is 4.74 Å². The lowest BCUT2D eigenvalue weighted by Gasteiger charge is -2.23. The van der Waals surface area contributed by atoms with Crippen LogP contribution in [0.4, 0.5) is 0 Å². The van der Waals surface area contributed by atoms with Crippen LogP contribution in [-0.4, -0.2) is 13.1 Å². The van der Waals surface area contributed by atoms with Gasteiger partial charge in [-0.3, -0.25) is 4.79 Å². The standard InChI is InChI=1S/C20H24O2/c1-4-9-15(10-5-2)20(16-11-7-6-8-12-16)14-19(20)13-17(19)18(21)22-3/h4-5,7,9-12,17H,1,6,8,13-14H2,2-3H3/b10-5-,15-9+. The number of allylic oxidation sites excluding steroid dienone is 9. The Hall–Kier alpha value is -1.83. The predicted octanol–water partition coefficient (Wildman–Crippen LogP) is 4.52. The van der Waals surface area contributed by atoms with E-state index in [-0.39, 0.29) is 22.7 Å². The van der Waals surface area contributed by atoms with Gasteiger partial charge in [0.2, 0.25) is 0 Å². The van der Waals surface area contributed by atoms with E-state index in [1.54, 1.807) is 0 Å². The fraction of sp³-hybridized carbons (Fsp3) is 0.450. The molecule has 0 radical (unpaired) electrons. The lowest BCUT2D eigenvalue weighted by Crippen LogP contribution is -2.15. The van der Waals surface area contributed by atoms with Crippen LogP contribution in [0.5, 0.6) is 0 Å². The Kier molecular flexibility index (Phi) is 3.72. The fourth-order valence-electron chi connectivity index (χ4n) is 4.37. The zero-order chi connectivity index (χ0) is 15.8. The molecule has 1 spiro atoms. The monoisotopic (exact) mass is 296 g/mol. The number of esters is 1. The molecular formula is C20H24O2. The summed E-state index contributed by atoms with van der Waals surface area (Å²) < 4.78 is 5.00. The zero-order valence-electron chi connectivity index (χ0n) is 13.5. The maximum Gasteiger partial charge on any atom is 0.309 e. The molecule has 0 saturated heterocycles. The number of rotatable bonds is 5. The minimum atomic E-state index is -0.0549. The van der Waals surface area contributed by atoms with Crippen molar-refractivity contribution in [1.29, 1.82) is 0 Å². The Balaban J connectivity index is 2.02. The highest BCUT2D eigenvalue weighted by Gasteiger charge is 2.83. The Bertz CT molecular complexity index is 620. The highest BCUT2D eigenvalue weighted by atomic mass is 16.5. The lowest BCUT2D eigenvalue weighted by molar-refractivity contribution is -0.142. The van der Waals surface area contributed by atoms with Crippen molar-refractivity contribution >= 4 is 5.97 Å². The van der Waals surface area contributed by atoms with E-state index in [0.29, 0.717) is 0 Å². The first kappa shape index (κ1) is 15.1. The third kappa shape index (κ3) is 1.97. The lowest BCUT2D eigenvalue weighted by atomic mass is 9.80. The van der Waals surface area contributed by atoms with Gasteiger partial charge >= 0.3 is 5.97 Å². The molecule has 2 saturated carbocycles. The van der Waals surface area contributed by atoms with Crippen molar-refractivity contribution in [2.75, 3.05) is 7.11 Å². The third-order valence-corrected chi connectivity index (χ3v) is 5.49. The summed E-state index contributed by atoms with van der Waals surface area (Å²) in [5, 5.41) is 0. The van der Waals surface area contributed by atoms with Crippen LogP contribution in [0.2, 0.25) is 0 Å². The molecule has 22 heavy (non-hydrogen) atoms. The van der Waals surface area contributed by atoms with Crippen molar-refractivity contribution in [3.63, 3.8) is 0 Å². The molecule has 3 aliphatic carbocycles. The predicted molar refractivity (Wildman–Crippen MR) is 89.2 cm³/mol. The van der Waals surface area contributed by atoms with Crippen LogP contribution >= 0.6 is 0 Å². The van der Waals surface area contributed by atoms with Gasteiger partial charge in [-0.2, -0.15) is 0 Å². The van der Waals surface area contributed by atoms with Crippen molar-refractivity contribution in [1.82, 2.24) is 0 Å². The van der Waals surface area contributed by atoms with E-state index in [9.17, 15) is 4.79 Å². The Morgan fingerprint density at radius 2 is 2.27 bits per heavy atom. The second-order valence-electron chi connectivity index (χ2n) is 6.52. The van der Waals surface area contributed by atoms with E-state index in [0.717, 1.165) is 25.7 Å². The highest BCUT2D eigenvalue weighted by molar-refractivity contribution is 5.80. The summed E-state index contributed by atoms with van der Waals surface area (Å²) in [6.45, 7) is 5.91. The average Bonchev–Trinajstić information content (AvgIpc) is 3.44. The second kappa shape index (κ2) is 5.42. The van der Waals surface area contributed by atoms with Crippen LogP contribution in [0.3, 0.4) is 0 Å². The Morgan fingerprint density at radius 1 is 1.45 bits per heavy atom. The van der Waals surface area contributed by atoms with E-state index >= 15 is 0 Å². The molecule has 0 aromatic heterocycles. The first-order valence-corrected chi connectivity index (χ1v) is 8.07. The molecular weight excluding hydrogens is 272 g/mol. The maximum atomic E-state index is 12.0. The topological polar surface area (TPSA) is 26.3 Å². The summed E-state index contributed by atoms with van der Waals surface area (Å²) in [6, 6.07) is 0. The van der Waals surface area contributed by atoms with Crippen molar-refractivity contribution in [3.05, 3.63) is 60.3 Å². The largest absolute Gasteiger partial charge is 0.469 e. The van der Waals surface area contributed by atoms with E-state index in [1.807, 2.05) is 13.0 Å². The SMILES string of the molecule is C=C/C=C(\C=C/C)C1(C2=CCCC=C2)CC12CC2C(=O)OC. The van der Waals surface area contributed by atoms with Crippen molar-refractivity contribution in [2.24, 2.45) is 16.7 Å². The molecule has 116 valence electrons. The van der Waals surface area contributed by atoms with Crippen LogP contribution in [-0.2, 0) is 9.53 Å². The summed E-state index contributed by atoms with van der Waals surface area (Å²) in [5.74, 6) is -0.00658. The van der Waals surface area contributed by atoms with Crippen LogP contribution in [0.1, 0.15) is 32.6 Å². The fourth-order valence-corrected chi connectivity index (χ4v) is 4.37. The van der Waals surface area contributed by atoms with Gasteiger partial charge in [0.05, 0.1) is 13.0 Å². The molecule has 0 aromatic rings. The summed E-state index contributed by atoms with van der Waals surface area (Å²) in [6.07, 6.45) is 19.2. The van der Waals surface area contributed by atoms with Gasteiger partial charge in [-0.1, -0.05) is 49.1 Å². The minimum absolute atomic E-state index is 0.0243. The van der Waals surface area contributed by atoms with Crippen LogP contribution < -0.4 is 0 Å². The molecule has 0 amide bonds. The first-order valence-electron chi connectivity index (χ1n) is 8.07. The summed E-state index contributed by atoms with van der Waals surface area (Å²) in [5.41, 5.74) is 2.69. The molecule has 3 unspecified atom stereocenters. The minimum Gasteiger partial charge on any atom is -0.469 e. The number of hydrogen-bond donors (Lipinski definition) is 0. The third-order valence-electron chi connectivity index (χ3n) is 5.49. The molecule has 2 fully saturated rings. The summed E-state index contributed by atoms with van der Waals surface area (Å²) in [4.78, 5) is 12.0. The molecule has 0 aliphatic heterocycles. The summed E-state index contributed by atoms with van der Waals surface area (Å²) in [7, 11) is 1.49. The number of ether oxygens (including phenoxy) is 1. The normalized spacial score (nSPS) is 36.4. The van der Waals surface area contributed by atoms with Crippen LogP contribution in [0, 0.1) is 16.7 Å². The quantitative estimate of drug-likeness (QED) is 0.551. The van der Waals surface area contributed by atoms with E-state index < -0.39 is 0 Å². The molecule has 0 N–H and O–H groups in total. The molecule has 2 heteroatoms. The Labute approximate surface area is 132 Å². The average molecular weight is 296 g/mol. The van der Waals surface area contributed by atoms with Gasteiger partial charge in [-0.05, 0) is 49.2 Å².